The van der Waals surface area contributed by atoms with Crippen LogP contribution in [-0.4, -0.2) is 22.6 Å². The van der Waals surface area contributed by atoms with Crippen molar-refractivity contribution in [3.05, 3.63) is 66.1 Å². The van der Waals surface area contributed by atoms with Crippen molar-refractivity contribution < 1.29 is 9.32 Å². The van der Waals surface area contributed by atoms with Gasteiger partial charge in [0.25, 0.3) is 0 Å². The van der Waals surface area contributed by atoms with Crippen molar-refractivity contribution in [2.45, 2.75) is 26.7 Å². The maximum absolute atomic E-state index is 12.5. The summed E-state index contributed by atoms with van der Waals surface area (Å²) in [5.41, 5.74) is 2.99. The lowest BCUT2D eigenvalue weighted by Gasteiger charge is -2.20. The topological polar surface area (TPSA) is 59.2 Å². The average molecular weight is 335 g/mol. The first kappa shape index (κ1) is 16.9. The first-order chi connectivity index (χ1) is 12.2. The predicted octanol–water partition coefficient (Wildman–Crippen LogP) is 4.03. The van der Waals surface area contributed by atoms with E-state index in [0.717, 1.165) is 11.3 Å². The van der Waals surface area contributed by atoms with Crippen molar-refractivity contribution in [2.75, 3.05) is 11.4 Å². The fourth-order valence-electron chi connectivity index (χ4n) is 2.64. The number of anilines is 1. The Hall–Kier alpha value is -2.95. The van der Waals surface area contributed by atoms with E-state index < -0.39 is 0 Å². The highest BCUT2D eigenvalue weighted by Gasteiger charge is 2.16. The Morgan fingerprint density at radius 1 is 1.08 bits per heavy atom. The van der Waals surface area contributed by atoms with Crippen LogP contribution in [0.5, 0.6) is 0 Å². The molecule has 1 aromatic heterocycles. The van der Waals surface area contributed by atoms with Gasteiger partial charge in [-0.2, -0.15) is 4.98 Å². The van der Waals surface area contributed by atoms with E-state index in [9.17, 15) is 4.79 Å². The van der Waals surface area contributed by atoms with Crippen LogP contribution in [0.25, 0.3) is 11.4 Å². The minimum atomic E-state index is 0.0452. The molecule has 0 atom stereocenters. The van der Waals surface area contributed by atoms with Crippen LogP contribution in [0.2, 0.25) is 0 Å². The molecule has 0 spiro atoms. The molecule has 0 N–H and O–H groups in total. The van der Waals surface area contributed by atoms with Gasteiger partial charge in [-0.15, -0.1) is 0 Å². The quantitative estimate of drug-likeness (QED) is 0.682. The van der Waals surface area contributed by atoms with E-state index in [1.165, 1.54) is 5.56 Å². The Morgan fingerprint density at radius 3 is 2.48 bits per heavy atom. The summed E-state index contributed by atoms with van der Waals surface area (Å²) in [5, 5.41) is 4.01. The van der Waals surface area contributed by atoms with Crippen molar-refractivity contribution in [1.82, 2.24) is 10.1 Å². The maximum Gasteiger partial charge on any atom is 0.227 e. The molecule has 3 aromatic rings. The fraction of sp³-hybridized carbons (Fsp3) is 0.250. The molecule has 5 heteroatoms. The predicted molar refractivity (Wildman–Crippen MR) is 97.3 cm³/mol. The molecule has 1 amide bonds. The van der Waals surface area contributed by atoms with Crippen LogP contribution in [0, 0.1) is 6.92 Å². The van der Waals surface area contributed by atoms with Crippen molar-refractivity contribution in [2.24, 2.45) is 0 Å². The average Bonchev–Trinajstić information content (AvgIpc) is 3.11. The molecule has 5 nitrogen and oxygen atoms in total. The van der Waals surface area contributed by atoms with Gasteiger partial charge in [0, 0.05) is 30.6 Å². The summed E-state index contributed by atoms with van der Waals surface area (Å²) < 4.78 is 5.29. The Labute approximate surface area is 147 Å². The van der Waals surface area contributed by atoms with Gasteiger partial charge in [-0.3, -0.25) is 4.79 Å². The number of amides is 1. The van der Waals surface area contributed by atoms with Gasteiger partial charge >= 0.3 is 0 Å². The number of nitrogens with zero attached hydrogens (tertiary/aromatic N) is 3. The van der Waals surface area contributed by atoms with Gasteiger partial charge in [0.15, 0.2) is 0 Å². The van der Waals surface area contributed by atoms with E-state index in [4.69, 9.17) is 4.52 Å². The fourth-order valence-corrected chi connectivity index (χ4v) is 2.64. The van der Waals surface area contributed by atoms with Crippen LogP contribution in [-0.2, 0) is 11.2 Å². The maximum atomic E-state index is 12.5. The normalized spacial score (nSPS) is 10.6. The largest absolute Gasteiger partial charge is 0.339 e. The van der Waals surface area contributed by atoms with E-state index in [-0.39, 0.29) is 5.91 Å². The highest BCUT2D eigenvalue weighted by molar-refractivity contribution is 5.93. The number of rotatable bonds is 6. The van der Waals surface area contributed by atoms with Crippen molar-refractivity contribution in [3.8, 4) is 11.4 Å². The van der Waals surface area contributed by atoms with Crippen molar-refractivity contribution in [1.29, 1.82) is 0 Å². The molecule has 25 heavy (non-hydrogen) atoms. The molecular formula is C20H21N3O2. The molecule has 0 aliphatic rings. The molecule has 2 aromatic carbocycles. The zero-order chi connectivity index (χ0) is 17.6. The molecule has 0 aliphatic carbocycles. The minimum absolute atomic E-state index is 0.0452. The Bertz CT molecular complexity index is 826. The second-order valence-electron chi connectivity index (χ2n) is 5.85. The van der Waals surface area contributed by atoms with Crippen molar-refractivity contribution >= 4 is 11.6 Å². The Morgan fingerprint density at radius 2 is 1.80 bits per heavy atom. The number of carbonyl (C=O) groups excluding carboxylic acids is 1. The number of para-hydroxylation sites is 1. The third-order valence-electron chi connectivity index (χ3n) is 4.02. The lowest BCUT2D eigenvalue weighted by Crippen LogP contribution is -2.30. The molecular weight excluding hydrogens is 314 g/mol. The van der Waals surface area contributed by atoms with Crippen LogP contribution < -0.4 is 4.90 Å². The van der Waals surface area contributed by atoms with E-state index in [2.05, 4.69) is 10.1 Å². The second kappa shape index (κ2) is 7.75. The lowest BCUT2D eigenvalue weighted by molar-refractivity contribution is -0.118. The number of benzene rings is 2. The van der Waals surface area contributed by atoms with E-state index >= 15 is 0 Å². The van der Waals surface area contributed by atoms with Gasteiger partial charge in [0.2, 0.25) is 17.6 Å². The summed E-state index contributed by atoms with van der Waals surface area (Å²) in [4.78, 5) is 18.7. The summed E-state index contributed by atoms with van der Waals surface area (Å²) in [6.45, 7) is 4.62. The van der Waals surface area contributed by atoms with Crippen LogP contribution in [0.4, 0.5) is 5.69 Å². The zero-order valence-electron chi connectivity index (χ0n) is 14.5. The number of aromatic nitrogens is 2. The van der Waals surface area contributed by atoms with Crippen LogP contribution in [0.3, 0.4) is 0 Å². The van der Waals surface area contributed by atoms with Gasteiger partial charge in [0.05, 0.1) is 0 Å². The van der Waals surface area contributed by atoms with Gasteiger partial charge in [-0.05, 0) is 26.0 Å². The molecule has 0 aliphatic heterocycles. The molecule has 1 heterocycles. The molecule has 0 unspecified atom stereocenters. The Kier molecular flexibility index (Phi) is 5.23. The first-order valence-electron chi connectivity index (χ1n) is 8.42. The number of carbonyl (C=O) groups is 1. The molecule has 128 valence electrons. The van der Waals surface area contributed by atoms with Crippen LogP contribution in [0.15, 0.2) is 59.1 Å². The molecule has 0 saturated heterocycles. The minimum Gasteiger partial charge on any atom is -0.339 e. The number of aryl methyl sites for hydroxylation is 2. The van der Waals surface area contributed by atoms with Gasteiger partial charge in [-0.1, -0.05) is 53.2 Å². The summed E-state index contributed by atoms with van der Waals surface area (Å²) in [7, 11) is 0. The highest BCUT2D eigenvalue weighted by Crippen LogP contribution is 2.18. The second-order valence-corrected chi connectivity index (χ2v) is 5.85. The number of hydrogen-bond acceptors (Lipinski definition) is 4. The third-order valence-corrected chi connectivity index (χ3v) is 4.02. The van der Waals surface area contributed by atoms with E-state index in [0.29, 0.717) is 31.1 Å². The van der Waals surface area contributed by atoms with E-state index in [1.807, 2.05) is 68.4 Å². The molecule has 0 fully saturated rings. The summed E-state index contributed by atoms with van der Waals surface area (Å²) in [6, 6.07) is 17.6. The van der Waals surface area contributed by atoms with Crippen LogP contribution >= 0.6 is 0 Å². The van der Waals surface area contributed by atoms with Crippen LogP contribution in [0.1, 0.15) is 24.8 Å². The first-order valence-corrected chi connectivity index (χ1v) is 8.42. The van der Waals surface area contributed by atoms with Gasteiger partial charge < -0.3 is 9.42 Å². The Balaban J connectivity index is 1.63. The smallest absolute Gasteiger partial charge is 0.227 e. The van der Waals surface area contributed by atoms with E-state index in [1.54, 1.807) is 4.90 Å². The SMILES string of the molecule is CCN(C(=O)CCc1nc(-c2ccc(C)cc2)no1)c1ccccc1. The van der Waals surface area contributed by atoms with Crippen molar-refractivity contribution in [3.63, 3.8) is 0 Å². The monoisotopic (exact) mass is 335 g/mol. The molecule has 0 saturated carbocycles. The molecule has 0 radical (unpaired) electrons. The number of hydrogen-bond donors (Lipinski definition) is 0. The summed E-state index contributed by atoms with van der Waals surface area (Å²) in [5.74, 6) is 1.08. The van der Waals surface area contributed by atoms with Gasteiger partial charge in [-0.25, -0.2) is 0 Å². The summed E-state index contributed by atoms with van der Waals surface area (Å²) >= 11 is 0. The molecule has 3 rings (SSSR count). The molecule has 0 bridgehead atoms. The van der Waals surface area contributed by atoms with Gasteiger partial charge in [0.1, 0.15) is 0 Å². The summed E-state index contributed by atoms with van der Waals surface area (Å²) in [6.07, 6.45) is 0.763. The zero-order valence-corrected chi connectivity index (χ0v) is 14.5. The standard InChI is InChI=1S/C20H21N3O2/c1-3-23(17-7-5-4-6-8-17)19(24)14-13-18-21-20(22-25-18)16-11-9-15(2)10-12-16/h4-12H,3,13-14H2,1-2H3. The third kappa shape index (κ3) is 4.12. The lowest BCUT2D eigenvalue weighted by atomic mass is 10.1. The highest BCUT2D eigenvalue weighted by atomic mass is 16.5.